The van der Waals surface area contributed by atoms with Crippen molar-refractivity contribution < 1.29 is 17.9 Å². The van der Waals surface area contributed by atoms with Crippen molar-refractivity contribution in [3.05, 3.63) is 40.4 Å². The van der Waals surface area contributed by atoms with E-state index in [0.717, 1.165) is 16.4 Å². The largest absolute Gasteiger partial charge is 0.484 e. The number of aromatic nitrogens is 1. The van der Waals surface area contributed by atoms with Crippen LogP contribution in [0.3, 0.4) is 0 Å². The highest BCUT2D eigenvalue weighted by Gasteiger charge is 2.28. The van der Waals surface area contributed by atoms with E-state index in [0.29, 0.717) is 24.6 Å². The van der Waals surface area contributed by atoms with Gasteiger partial charge in [0.05, 0.1) is 18.8 Å². The summed E-state index contributed by atoms with van der Waals surface area (Å²) in [5.74, 6) is 0.742. The lowest BCUT2D eigenvalue weighted by Crippen LogP contribution is -2.36. The van der Waals surface area contributed by atoms with E-state index in [1.54, 1.807) is 30.4 Å². The SMILES string of the molecule is CCNC(=NCc1ccc(C)cc1OCC(F)(F)F)NCc1csc(N(C)C)n1.I. The number of nitrogens with one attached hydrogen (secondary N) is 2. The summed E-state index contributed by atoms with van der Waals surface area (Å²) in [4.78, 5) is 10.9. The molecule has 0 spiro atoms. The van der Waals surface area contributed by atoms with Crippen LogP contribution in [-0.2, 0) is 13.1 Å². The average Bonchev–Trinajstić information content (AvgIpc) is 3.12. The number of guanidine groups is 1. The maximum Gasteiger partial charge on any atom is 0.422 e. The Bertz CT molecular complexity index is 827. The van der Waals surface area contributed by atoms with E-state index in [4.69, 9.17) is 4.74 Å². The Labute approximate surface area is 196 Å². The molecule has 168 valence electrons. The van der Waals surface area contributed by atoms with Crippen LogP contribution in [0.15, 0.2) is 28.6 Å². The zero-order valence-electron chi connectivity index (χ0n) is 17.3. The Morgan fingerprint density at radius 1 is 1.27 bits per heavy atom. The van der Waals surface area contributed by atoms with Crippen LogP contribution >= 0.6 is 35.3 Å². The number of alkyl halides is 3. The van der Waals surface area contributed by atoms with E-state index in [1.165, 1.54) is 0 Å². The number of hydrogen-bond acceptors (Lipinski definition) is 5. The van der Waals surface area contributed by atoms with E-state index in [2.05, 4.69) is 20.6 Å². The average molecular weight is 557 g/mol. The monoisotopic (exact) mass is 557 g/mol. The van der Waals surface area contributed by atoms with Gasteiger partial charge in [0.25, 0.3) is 0 Å². The summed E-state index contributed by atoms with van der Waals surface area (Å²) in [6.07, 6.45) is -4.39. The molecule has 6 nitrogen and oxygen atoms in total. The molecule has 0 fully saturated rings. The van der Waals surface area contributed by atoms with Gasteiger partial charge in [0, 0.05) is 31.6 Å². The van der Waals surface area contributed by atoms with Crippen LogP contribution in [0.2, 0.25) is 0 Å². The zero-order valence-corrected chi connectivity index (χ0v) is 20.5. The van der Waals surface area contributed by atoms with E-state index < -0.39 is 12.8 Å². The van der Waals surface area contributed by atoms with Crippen LogP contribution in [0.25, 0.3) is 0 Å². The molecular formula is C19H27F3IN5OS. The van der Waals surface area contributed by atoms with Crippen LogP contribution in [-0.4, -0.2) is 44.4 Å². The molecule has 0 saturated carbocycles. The highest BCUT2D eigenvalue weighted by atomic mass is 127. The first-order valence-electron chi connectivity index (χ1n) is 9.11. The minimum absolute atomic E-state index is 0. The Morgan fingerprint density at radius 2 is 2.00 bits per heavy atom. The van der Waals surface area contributed by atoms with Crippen molar-refractivity contribution in [2.75, 3.05) is 32.1 Å². The molecule has 2 N–H and O–H groups in total. The van der Waals surface area contributed by atoms with Crippen LogP contribution in [0.5, 0.6) is 5.75 Å². The molecule has 2 aromatic rings. The number of benzene rings is 1. The number of nitrogens with zero attached hydrogens (tertiary/aromatic N) is 3. The Balaban J connectivity index is 0.00000450. The van der Waals surface area contributed by atoms with Crippen LogP contribution in [0, 0.1) is 6.92 Å². The van der Waals surface area contributed by atoms with Gasteiger partial charge in [0.1, 0.15) is 5.75 Å². The summed E-state index contributed by atoms with van der Waals surface area (Å²) in [6.45, 7) is 3.73. The van der Waals surface area contributed by atoms with Crippen molar-refractivity contribution in [3.8, 4) is 5.75 Å². The predicted octanol–water partition coefficient (Wildman–Crippen LogP) is 4.33. The molecule has 1 aromatic carbocycles. The normalized spacial score (nSPS) is 11.6. The number of aliphatic imine (C=N–C) groups is 1. The number of rotatable bonds is 8. The van der Waals surface area contributed by atoms with Crippen molar-refractivity contribution in [1.29, 1.82) is 0 Å². The van der Waals surface area contributed by atoms with Crippen molar-refractivity contribution >= 4 is 46.4 Å². The maximum atomic E-state index is 12.5. The van der Waals surface area contributed by atoms with Crippen molar-refractivity contribution in [3.63, 3.8) is 0 Å². The maximum absolute atomic E-state index is 12.5. The lowest BCUT2D eigenvalue weighted by molar-refractivity contribution is -0.153. The number of anilines is 1. The van der Waals surface area contributed by atoms with Crippen molar-refractivity contribution in [1.82, 2.24) is 15.6 Å². The second-order valence-electron chi connectivity index (χ2n) is 6.58. The van der Waals surface area contributed by atoms with Crippen LogP contribution in [0.1, 0.15) is 23.7 Å². The van der Waals surface area contributed by atoms with Gasteiger partial charge in [-0.25, -0.2) is 9.98 Å². The molecule has 11 heteroatoms. The standard InChI is InChI=1S/C19H26F3N5OS.HI/c1-5-23-17(25-10-15-11-29-18(26-15)27(3)4)24-9-14-7-6-13(2)8-16(14)28-12-19(20,21)22;/h6-8,11H,5,9-10,12H2,1-4H3,(H2,23,24,25);1H. The third-order valence-corrected chi connectivity index (χ3v) is 4.78. The van der Waals surface area contributed by atoms with Gasteiger partial charge in [-0.2, -0.15) is 13.2 Å². The zero-order chi connectivity index (χ0) is 21.4. The first kappa shape index (κ1) is 26.3. The lowest BCUT2D eigenvalue weighted by atomic mass is 10.1. The summed E-state index contributed by atoms with van der Waals surface area (Å²) in [7, 11) is 3.86. The first-order chi connectivity index (χ1) is 13.7. The Morgan fingerprint density at radius 3 is 2.60 bits per heavy atom. The van der Waals surface area contributed by atoms with E-state index in [-0.39, 0.29) is 36.3 Å². The molecule has 0 aliphatic rings. The van der Waals surface area contributed by atoms with Crippen molar-refractivity contribution in [2.24, 2.45) is 4.99 Å². The van der Waals surface area contributed by atoms with E-state index >= 15 is 0 Å². The molecule has 1 aromatic heterocycles. The molecule has 0 radical (unpaired) electrons. The van der Waals surface area contributed by atoms with Gasteiger partial charge in [0.2, 0.25) is 0 Å². The fourth-order valence-electron chi connectivity index (χ4n) is 2.35. The summed E-state index contributed by atoms with van der Waals surface area (Å²) < 4.78 is 42.5. The Hall–Kier alpha value is -1.76. The number of hydrogen-bond donors (Lipinski definition) is 2. The van der Waals surface area contributed by atoms with Gasteiger partial charge in [-0.15, -0.1) is 35.3 Å². The van der Waals surface area contributed by atoms with Crippen LogP contribution < -0.4 is 20.3 Å². The lowest BCUT2D eigenvalue weighted by Gasteiger charge is -2.14. The molecule has 0 bridgehead atoms. The molecule has 0 atom stereocenters. The molecular weight excluding hydrogens is 530 g/mol. The fourth-order valence-corrected chi connectivity index (χ4v) is 3.11. The van der Waals surface area contributed by atoms with Gasteiger partial charge >= 0.3 is 6.18 Å². The summed E-state index contributed by atoms with van der Waals surface area (Å²) >= 11 is 1.55. The third-order valence-electron chi connectivity index (χ3n) is 3.72. The van der Waals surface area contributed by atoms with Gasteiger partial charge in [0.15, 0.2) is 17.7 Å². The predicted molar refractivity (Wildman–Crippen MR) is 126 cm³/mol. The number of aryl methyl sites for hydroxylation is 1. The fraction of sp³-hybridized carbons (Fsp3) is 0.474. The second kappa shape index (κ2) is 12.2. The van der Waals surface area contributed by atoms with Crippen LogP contribution in [0.4, 0.5) is 18.3 Å². The molecule has 0 aliphatic carbocycles. The summed E-state index contributed by atoms with van der Waals surface area (Å²) in [6, 6.07) is 5.15. The summed E-state index contributed by atoms with van der Waals surface area (Å²) in [5.41, 5.74) is 2.29. The minimum Gasteiger partial charge on any atom is -0.484 e. The molecule has 1 heterocycles. The molecule has 0 unspecified atom stereocenters. The van der Waals surface area contributed by atoms with E-state index in [9.17, 15) is 13.2 Å². The second-order valence-corrected chi connectivity index (χ2v) is 7.42. The number of ether oxygens (including phenoxy) is 1. The molecule has 0 aliphatic heterocycles. The van der Waals surface area contributed by atoms with Gasteiger partial charge in [-0.1, -0.05) is 12.1 Å². The smallest absolute Gasteiger partial charge is 0.422 e. The van der Waals surface area contributed by atoms with Gasteiger partial charge in [-0.05, 0) is 25.5 Å². The van der Waals surface area contributed by atoms with Gasteiger partial charge in [-0.3, -0.25) is 0 Å². The molecule has 0 saturated heterocycles. The minimum atomic E-state index is -4.39. The molecule has 30 heavy (non-hydrogen) atoms. The molecule has 0 amide bonds. The number of halogens is 4. The highest BCUT2D eigenvalue weighted by Crippen LogP contribution is 2.24. The number of thiazole rings is 1. The van der Waals surface area contributed by atoms with Crippen molar-refractivity contribution in [2.45, 2.75) is 33.1 Å². The Kier molecular flexibility index (Phi) is 10.7. The van der Waals surface area contributed by atoms with E-state index in [1.807, 2.05) is 37.4 Å². The third kappa shape index (κ3) is 8.94. The molecule has 2 rings (SSSR count). The topological polar surface area (TPSA) is 61.8 Å². The summed E-state index contributed by atoms with van der Waals surface area (Å²) in [5, 5.41) is 9.19. The quantitative estimate of drug-likeness (QED) is 0.288. The highest BCUT2D eigenvalue weighted by molar-refractivity contribution is 14.0. The first-order valence-corrected chi connectivity index (χ1v) is 9.99. The van der Waals surface area contributed by atoms with Gasteiger partial charge < -0.3 is 20.3 Å².